The van der Waals surface area contributed by atoms with E-state index in [0.717, 1.165) is 56.3 Å². The third kappa shape index (κ3) is 5.99. The molecule has 2 fully saturated rings. The van der Waals surface area contributed by atoms with E-state index in [1.807, 2.05) is 38.6 Å². The van der Waals surface area contributed by atoms with Crippen molar-refractivity contribution in [2.45, 2.75) is 85.4 Å². The predicted octanol–water partition coefficient (Wildman–Crippen LogP) is 5.61. The minimum atomic E-state index is -4.45. The summed E-state index contributed by atoms with van der Waals surface area (Å²) in [7, 11) is 0. The highest BCUT2D eigenvalue weighted by atomic mass is 32.1. The molecule has 36 heavy (non-hydrogen) atoms. The van der Waals surface area contributed by atoms with Gasteiger partial charge in [0.15, 0.2) is 0 Å². The molecule has 0 atom stereocenters. The van der Waals surface area contributed by atoms with Crippen molar-refractivity contribution in [3.8, 4) is 0 Å². The van der Waals surface area contributed by atoms with Crippen molar-refractivity contribution in [2.24, 2.45) is 5.41 Å². The zero-order valence-electron chi connectivity index (χ0n) is 22.1. The van der Waals surface area contributed by atoms with E-state index >= 15 is 0 Å². The van der Waals surface area contributed by atoms with Crippen molar-refractivity contribution in [1.82, 2.24) is 14.7 Å². The average molecular weight is 532 g/mol. The normalized spacial score (nSPS) is 20.5. The molecule has 3 aliphatic heterocycles. The van der Waals surface area contributed by atoms with Gasteiger partial charge >= 0.3 is 6.18 Å². The molecule has 0 bridgehead atoms. The van der Waals surface area contributed by atoms with Gasteiger partial charge < -0.3 is 14.6 Å². The first kappa shape index (κ1) is 29.1. The van der Waals surface area contributed by atoms with Gasteiger partial charge in [0.2, 0.25) is 0 Å². The molecule has 204 valence electrons. The Morgan fingerprint density at radius 3 is 2.36 bits per heavy atom. The summed E-state index contributed by atoms with van der Waals surface area (Å²) in [6.07, 6.45) is 1.23. The number of aliphatic hydroxyl groups is 1. The number of hydrogen-bond acceptors (Lipinski definition) is 6. The van der Waals surface area contributed by atoms with Crippen LogP contribution in [0.15, 0.2) is 12.4 Å². The number of aliphatic hydroxyl groups excluding tert-OH is 1. The Labute approximate surface area is 216 Å². The van der Waals surface area contributed by atoms with Crippen LogP contribution in [-0.2, 0) is 47.4 Å². The van der Waals surface area contributed by atoms with Gasteiger partial charge in [-0.2, -0.15) is 18.3 Å². The Hall–Kier alpha value is -1.46. The van der Waals surface area contributed by atoms with Gasteiger partial charge in [-0.1, -0.05) is 34.6 Å². The highest BCUT2D eigenvalue weighted by Gasteiger charge is 2.47. The number of rotatable bonds is 5. The van der Waals surface area contributed by atoms with Crippen LogP contribution in [0.2, 0.25) is 0 Å². The molecular weight excluding hydrogens is 491 g/mol. The van der Waals surface area contributed by atoms with Crippen LogP contribution < -0.4 is 0 Å². The van der Waals surface area contributed by atoms with E-state index in [0.29, 0.717) is 36.3 Å². The van der Waals surface area contributed by atoms with Crippen LogP contribution in [0.4, 0.5) is 13.2 Å². The van der Waals surface area contributed by atoms with Crippen molar-refractivity contribution in [3.05, 3.63) is 38.8 Å². The van der Waals surface area contributed by atoms with Gasteiger partial charge in [-0.25, -0.2) is 0 Å². The maximum Gasteiger partial charge on any atom is 0.425 e. The smallest absolute Gasteiger partial charge is 0.392 e. The lowest BCUT2D eigenvalue weighted by Gasteiger charge is -2.43. The van der Waals surface area contributed by atoms with Crippen LogP contribution in [0.1, 0.15) is 73.9 Å². The van der Waals surface area contributed by atoms with Crippen molar-refractivity contribution >= 4 is 11.3 Å². The first-order valence-electron chi connectivity index (χ1n) is 13.0. The van der Waals surface area contributed by atoms with Gasteiger partial charge in [0.05, 0.1) is 39.2 Å². The molecule has 3 aliphatic rings. The zero-order chi connectivity index (χ0) is 26.6. The molecule has 1 spiro atoms. The van der Waals surface area contributed by atoms with Crippen molar-refractivity contribution in [3.63, 3.8) is 0 Å². The summed E-state index contributed by atoms with van der Waals surface area (Å²) in [5.74, 6) is 0. The summed E-state index contributed by atoms with van der Waals surface area (Å²) < 4.78 is 54.1. The van der Waals surface area contributed by atoms with E-state index in [1.165, 1.54) is 0 Å². The highest BCUT2D eigenvalue weighted by Crippen LogP contribution is 2.50. The van der Waals surface area contributed by atoms with Crippen LogP contribution in [0, 0.1) is 5.41 Å². The number of ether oxygens (including phenoxy) is 2. The lowest BCUT2D eigenvalue weighted by molar-refractivity contribution is -0.135. The van der Waals surface area contributed by atoms with Crippen LogP contribution in [0.5, 0.6) is 0 Å². The average Bonchev–Trinajstić information content (AvgIpc) is 3.47. The summed E-state index contributed by atoms with van der Waals surface area (Å²) >= 11 is 0.768. The van der Waals surface area contributed by atoms with Crippen molar-refractivity contribution in [1.29, 1.82) is 0 Å². The lowest BCUT2D eigenvalue weighted by Crippen LogP contribution is -2.45. The molecule has 0 saturated carbocycles. The van der Waals surface area contributed by atoms with Crippen LogP contribution in [0.3, 0.4) is 0 Å². The molecule has 2 saturated heterocycles. The lowest BCUT2D eigenvalue weighted by atomic mass is 9.84. The topological polar surface area (TPSA) is 59.8 Å². The fourth-order valence-corrected chi connectivity index (χ4v) is 6.58. The maximum absolute atomic E-state index is 13.5. The van der Waals surface area contributed by atoms with Crippen LogP contribution in [-0.4, -0.2) is 52.7 Å². The number of alkyl halides is 3. The SMILES string of the molecule is CC.CC.CC1(Cn2cc(CN3CCC4(CC3)OCCc3c4sc(C(F)(F)F)c3CO)cn2)COC1. The minimum Gasteiger partial charge on any atom is -0.392 e. The molecular formula is C26H40F3N3O3S. The summed E-state index contributed by atoms with van der Waals surface area (Å²) in [6.45, 7) is 14.6. The first-order chi connectivity index (χ1) is 17.2. The van der Waals surface area contributed by atoms with Gasteiger partial charge in [0, 0.05) is 47.3 Å². The highest BCUT2D eigenvalue weighted by molar-refractivity contribution is 7.12. The predicted molar refractivity (Wildman–Crippen MR) is 135 cm³/mol. The summed E-state index contributed by atoms with van der Waals surface area (Å²) in [4.78, 5) is 2.31. The van der Waals surface area contributed by atoms with Gasteiger partial charge in [-0.15, -0.1) is 11.3 Å². The first-order valence-corrected chi connectivity index (χ1v) is 13.8. The third-order valence-electron chi connectivity index (χ3n) is 6.88. The monoisotopic (exact) mass is 531 g/mol. The van der Waals surface area contributed by atoms with Crippen LogP contribution in [0.25, 0.3) is 0 Å². The number of halogens is 3. The molecule has 0 unspecified atom stereocenters. The molecule has 2 aromatic rings. The second-order valence-corrected chi connectivity index (χ2v) is 10.6. The molecule has 1 N–H and O–H groups in total. The number of likely N-dealkylation sites (tertiary alicyclic amines) is 1. The third-order valence-corrected chi connectivity index (χ3v) is 8.38. The Balaban J connectivity index is 0.000000861. The Bertz CT molecular complexity index is 977. The van der Waals surface area contributed by atoms with E-state index in [1.54, 1.807) is 0 Å². The zero-order valence-corrected chi connectivity index (χ0v) is 22.9. The number of aromatic nitrogens is 2. The second kappa shape index (κ2) is 11.9. The van der Waals surface area contributed by atoms with Gasteiger partial charge in [-0.3, -0.25) is 9.58 Å². The molecule has 0 aliphatic carbocycles. The Morgan fingerprint density at radius 1 is 1.14 bits per heavy atom. The molecule has 0 radical (unpaired) electrons. The fraction of sp³-hybridized carbons (Fsp3) is 0.731. The largest absolute Gasteiger partial charge is 0.425 e. The number of piperidine rings is 1. The molecule has 5 rings (SSSR count). The molecule has 0 amide bonds. The number of fused-ring (bicyclic) bond motifs is 2. The Kier molecular flexibility index (Phi) is 9.65. The second-order valence-electron chi connectivity index (χ2n) is 9.59. The quantitative estimate of drug-likeness (QED) is 0.544. The van der Waals surface area contributed by atoms with E-state index < -0.39 is 23.3 Å². The summed E-state index contributed by atoms with van der Waals surface area (Å²) in [5.41, 5.74) is 1.30. The minimum absolute atomic E-state index is 0.0422. The maximum atomic E-state index is 13.5. The Morgan fingerprint density at radius 2 is 1.81 bits per heavy atom. The molecule has 5 heterocycles. The number of nitrogens with zero attached hydrogens (tertiary/aromatic N) is 3. The molecule has 10 heteroatoms. The van der Waals surface area contributed by atoms with Gasteiger partial charge in [0.25, 0.3) is 0 Å². The van der Waals surface area contributed by atoms with E-state index in [9.17, 15) is 18.3 Å². The van der Waals surface area contributed by atoms with E-state index in [4.69, 9.17) is 9.47 Å². The van der Waals surface area contributed by atoms with Crippen molar-refractivity contribution in [2.75, 3.05) is 32.9 Å². The number of hydrogen-bond donors (Lipinski definition) is 1. The van der Waals surface area contributed by atoms with E-state index in [2.05, 4.69) is 23.1 Å². The summed E-state index contributed by atoms with van der Waals surface area (Å²) in [6, 6.07) is 0. The van der Waals surface area contributed by atoms with Gasteiger partial charge in [-0.05, 0) is 24.8 Å². The van der Waals surface area contributed by atoms with Crippen molar-refractivity contribution < 1.29 is 27.8 Å². The summed E-state index contributed by atoms with van der Waals surface area (Å²) in [5, 5.41) is 14.1. The molecule has 0 aromatic carbocycles. The van der Waals surface area contributed by atoms with E-state index in [-0.39, 0.29) is 11.0 Å². The number of thiophene rings is 1. The molecule has 2 aromatic heterocycles. The van der Waals surface area contributed by atoms with Gasteiger partial charge in [0.1, 0.15) is 10.5 Å². The molecule has 6 nitrogen and oxygen atoms in total. The van der Waals surface area contributed by atoms with Crippen LogP contribution >= 0.6 is 11.3 Å². The fourth-order valence-electron chi connectivity index (χ4n) is 5.15. The standard InChI is InChI=1S/C22H28F3N3O3S.2C2H6/c1-20(13-30-14-20)12-28-10-15(8-26-28)9-27-5-3-21(4-6-27)18-16(2-7-31-21)17(11-29)19(32-18)22(23,24)25;2*1-2/h8,10,29H,2-7,9,11-14H2,1H3;2*1-2H3.